The quantitative estimate of drug-likeness (QED) is 0.639. The van der Waals surface area contributed by atoms with Crippen molar-refractivity contribution in [1.82, 2.24) is 4.90 Å². The van der Waals surface area contributed by atoms with E-state index in [1.165, 1.54) is 0 Å². The van der Waals surface area contributed by atoms with Crippen LogP contribution in [0.15, 0.2) is 11.6 Å². The minimum Gasteiger partial charge on any atom is -0.478 e. The molecule has 3 heteroatoms. The van der Waals surface area contributed by atoms with Crippen molar-refractivity contribution in [3.8, 4) is 0 Å². The first kappa shape index (κ1) is 13.2. The van der Waals surface area contributed by atoms with E-state index in [-0.39, 0.29) is 0 Å². The zero-order valence-corrected chi connectivity index (χ0v) is 9.42. The van der Waals surface area contributed by atoms with Crippen LogP contribution in [-0.2, 0) is 4.79 Å². The van der Waals surface area contributed by atoms with Crippen LogP contribution in [0.3, 0.4) is 0 Å². The molecule has 1 N–H and O–H groups in total. The van der Waals surface area contributed by atoms with Crippen LogP contribution in [0.2, 0.25) is 0 Å². The summed E-state index contributed by atoms with van der Waals surface area (Å²) in [6.45, 7) is 8.74. The number of nitrogens with zero attached hydrogens (tertiary/aromatic N) is 1. The zero-order valence-electron chi connectivity index (χ0n) is 9.42. The summed E-state index contributed by atoms with van der Waals surface area (Å²) in [5, 5.41) is 8.67. The van der Waals surface area contributed by atoms with E-state index in [0.29, 0.717) is 5.57 Å². The van der Waals surface area contributed by atoms with Crippen molar-refractivity contribution in [2.75, 3.05) is 19.6 Å². The van der Waals surface area contributed by atoms with Gasteiger partial charge in [-0.3, -0.25) is 4.90 Å². The second-order valence-corrected chi connectivity index (χ2v) is 3.49. The van der Waals surface area contributed by atoms with Crippen molar-refractivity contribution in [3.63, 3.8) is 0 Å². The molecule has 0 aliphatic carbocycles. The van der Waals surface area contributed by atoms with Crippen LogP contribution in [0.1, 0.15) is 33.6 Å². The first-order valence-electron chi connectivity index (χ1n) is 5.24. The first-order valence-corrected chi connectivity index (χ1v) is 5.24. The van der Waals surface area contributed by atoms with Gasteiger partial charge in [-0.15, -0.1) is 0 Å². The van der Waals surface area contributed by atoms with Crippen LogP contribution >= 0.6 is 0 Å². The highest BCUT2D eigenvalue weighted by molar-refractivity contribution is 5.85. The average molecular weight is 199 g/mol. The fourth-order valence-corrected chi connectivity index (χ4v) is 1.28. The molecule has 0 saturated carbocycles. The summed E-state index contributed by atoms with van der Waals surface area (Å²) in [5.74, 6) is -0.821. The van der Waals surface area contributed by atoms with Gasteiger partial charge < -0.3 is 5.11 Å². The summed E-state index contributed by atoms with van der Waals surface area (Å²) in [4.78, 5) is 12.8. The lowest BCUT2D eigenvalue weighted by molar-refractivity contribution is -0.132. The largest absolute Gasteiger partial charge is 0.478 e. The van der Waals surface area contributed by atoms with Crippen molar-refractivity contribution >= 4 is 5.97 Å². The Morgan fingerprint density at radius 1 is 1.29 bits per heavy atom. The van der Waals surface area contributed by atoms with E-state index in [1.54, 1.807) is 13.0 Å². The molecule has 0 fully saturated rings. The average Bonchev–Trinajstić information content (AvgIpc) is 2.14. The van der Waals surface area contributed by atoms with Gasteiger partial charge in [0.05, 0.1) is 0 Å². The number of carbonyl (C=O) groups is 1. The van der Waals surface area contributed by atoms with Gasteiger partial charge in [0.25, 0.3) is 0 Å². The highest BCUT2D eigenvalue weighted by Crippen LogP contribution is 1.98. The van der Waals surface area contributed by atoms with Gasteiger partial charge in [0.1, 0.15) is 0 Å². The molecule has 0 atom stereocenters. The monoisotopic (exact) mass is 199 g/mol. The Hall–Kier alpha value is -0.830. The summed E-state index contributed by atoms with van der Waals surface area (Å²) in [6.07, 6.45) is 4.01. The third-order valence-electron chi connectivity index (χ3n) is 2.07. The number of carboxylic acid groups (broad SMARTS) is 1. The predicted molar refractivity (Wildman–Crippen MR) is 58.4 cm³/mol. The normalized spacial score (nSPS) is 12.1. The third kappa shape index (κ3) is 5.75. The SMILES string of the molecule is CCCN(C/C=C(\C)C(=O)O)CCC. The van der Waals surface area contributed by atoms with E-state index in [0.717, 1.165) is 32.5 Å². The van der Waals surface area contributed by atoms with Crippen LogP contribution in [0.4, 0.5) is 0 Å². The molecule has 0 aliphatic heterocycles. The first-order chi connectivity index (χ1) is 6.61. The number of hydrogen-bond donors (Lipinski definition) is 1. The van der Waals surface area contributed by atoms with Crippen LogP contribution in [-0.4, -0.2) is 35.6 Å². The van der Waals surface area contributed by atoms with Gasteiger partial charge in [0.2, 0.25) is 0 Å². The lowest BCUT2D eigenvalue weighted by atomic mass is 10.2. The summed E-state index contributed by atoms with van der Waals surface area (Å²) >= 11 is 0. The highest BCUT2D eigenvalue weighted by Gasteiger charge is 2.02. The van der Waals surface area contributed by atoms with Gasteiger partial charge in [-0.25, -0.2) is 4.79 Å². The van der Waals surface area contributed by atoms with Crippen LogP contribution in [0, 0.1) is 0 Å². The van der Waals surface area contributed by atoms with Crippen molar-refractivity contribution < 1.29 is 9.90 Å². The Kier molecular flexibility index (Phi) is 7.11. The minimum atomic E-state index is -0.821. The van der Waals surface area contributed by atoms with E-state index in [9.17, 15) is 4.79 Å². The molecule has 0 aromatic rings. The minimum absolute atomic E-state index is 0.433. The standard InChI is InChI=1S/C11H21NO2/c1-4-7-12(8-5-2)9-6-10(3)11(13)14/h6H,4-5,7-9H2,1-3H3,(H,13,14)/b10-6+. The van der Waals surface area contributed by atoms with Gasteiger partial charge >= 0.3 is 5.97 Å². The molecule has 0 amide bonds. The molecule has 14 heavy (non-hydrogen) atoms. The third-order valence-corrected chi connectivity index (χ3v) is 2.07. The van der Waals surface area contributed by atoms with Crippen molar-refractivity contribution in [2.24, 2.45) is 0 Å². The molecular weight excluding hydrogens is 178 g/mol. The van der Waals surface area contributed by atoms with Gasteiger partial charge in [-0.1, -0.05) is 19.9 Å². The molecule has 0 aromatic carbocycles. The highest BCUT2D eigenvalue weighted by atomic mass is 16.4. The summed E-state index contributed by atoms with van der Waals surface area (Å²) in [6, 6.07) is 0. The second kappa shape index (κ2) is 7.56. The molecule has 0 rings (SSSR count). The summed E-state index contributed by atoms with van der Waals surface area (Å²) in [7, 11) is 0. The number of hydrogen-bond acceptors (Lipinski definition) is 2. The van der Waals surface area contributed by atoms with Crippen molar-refractivity contribution in [2.45, 2.75) is 33.6 Å². The number of rotatable bonds is 7. The smallest absolute Gasteiger partial charge is 0.330 e. The Bertz CT molecular complexity index is 193. The topological polar surface area (TPSA) is 40.5 Å². The molecule has 0 aromatic heterocycles. The molecule has 0 aliphatic rings. The molecule has 0 saturated heterocycles. The van der Waals surface area contributed by atoms with E-state index in [2.05, 4.69) is 18.7 Å². The molecular formula is C11H21NO2. The lowest BCUT2D eigenvalue weighted by Crippen LogP contribution is -2.25. The zero-order chi connectivity index (χ0) is 11.0. The molecule has 0 heterocycles. The molecule has 3 nitrogen and oxygen atoms in total. The van der Waals surface area contributed by atoms with Crippen molar-refractivity contribution in [3.05, 3.63) is 11.6 Å². The van der Waals surface area contributed by atoms with Gasteiger partial charge in [0.15, 0.2) is 0 Å². The van der Waals surface area contributed by atoms with E-state index >= 15 is 0 Å². The van der Waals surface area contributed by atoms with Gasteiger partial charge in [-0.2, -0.15) is 0 Å². The molecule has 0 bridgehead atoms. The Morgan fingerprint density at radius 3 is 2.14 bits per heavy atom. The Labute approximate surface area is 86.4 Å². The lowest BCUT2D eigenvalue weighted by Gasteiger charge is -2.18. The summed E-state index contributed by atoms with van der Waals surface area (Å²) < 4.78 is 0. The second-order valence-electron chi connectivity index (χ2n) is 3.49. The maximum Gasteiger partial charge on any atom is 0.330 e. The number of aliphatic carboxylic acids is 1. The fourth-order valence-electron chi connectivity index (χ4n) is 1.28. The number of carboxylic acids is 1. The van der Waals surface area contributed by atoms with E-state index in [1.807, 2.05) is 0 Å². The predicted octanol–water partition coefficient (Wildman–Crippen LogP) is 2.14. The fraction of sp³-hybridized carbons (Fsp3) is 0.727. The summed E-state index contributed by atoms with van der Waals surface area (Å²) in [5.41, 5.74) is 0.433. The molecule has 0 spiro atoms. The molecule has 0 unspecified atom stereocenters. The molecule has 0 radical (unpaired) electrons. The van der Waals surface area contributed by atoms with Crippen LogP contribution in [0.5, 0.6) is 0 Å². The maximum absolute atomic E-state index is 10.5. The van der Waals surface area contributed by atoms with Gasteiger partial charge in [-0.05, 0) is 32.9 Å². The van der Waals surface area contributed by atoms with Crippen LogP contribution < -0.4 is 0 Å². The Morgan fingerprint density at radius 2 is 1.79 bits per heavy atom. The van der Waals surface area contributed by atoms with E-state index in [4.69, 9.17) is 5.11 Å². The molecule has 82 valence electrons. The van der Waals surface area contributed by atoms with Gasteiger partial charge in [0, 0.05) is 12.1 Å². The van der Waals surface area contributed by atoms with E-state index < -0.39 is 5.97 Å². The maximum atomic E-state index is 10.5. The van der Waals surface area contributed by atoms with Crippen molar-refractivity contribution in [1.29, 1.82) is 0 Å². The Balaban J connectivity index is 4.02. The van der Waals surface area contributed by atoms with Crippen LogP contribution in [0.25, 0.3) is 0 Å².